The fraction of sp³-hybridized carbons (Fsp3) is 0.909. The molecule has 1 heterocycles. The highest BCUT2D eigenvalue weighted by atomic mass is 32.2. The summed E-state index contributed by atoms with van der Waals surface area (Å²) in [5, 5.41) is 0. The molecule has 1 aliphatic heterocycles. The average Bonchev–Trinajstić information content (AvgIpc) is 2.00. The Morgan fingerprint density at radius 1 is 1.50 bits per heavy atom. The number of hydrogen-bond donors (Lipinski definition) is 0. The molecule has 0 saturated heterocycles. The van der Waals surface area contributed by atoms with Gasteiger partial charge in [-0.15, -0.1) is 11.8 Å². The molecule has 0 aromatic rings. The van der Waals surface area contributed by atoms with E-state index in [-0.39, 0.29) is 16.4 Å². The van der Waals surface area contributed by atoms with Crippen LogP contribution in [0.1, 0.15) is 41.0 Å². The molecule has 0 spiro atoms. The molecule has 1 aliphatic rings. The average molecular weight is 215 g/mol. The minimum Gasteiger partial charge on any atom is -0.477 e. The predicted octanol–water partition coefficient (Wildman–Crippen LogP) is 3.11. The van der Waals surface area contributed by atoms with Crippen LogP contribution in [0.15, 0.2) is 4.99 Å². The lowest BCUT2D eigenvalue weighted by atomic mass is 9.96. The topological polar surface area (TPSA) is 21.6 Å². The van der Waals surface area contributed by atoms with Gasteiger partial charge in [-0.05, 0) is 40.9 Å². The van der Waals surface area contributed by atoms with Gasteiger partial charge in [0.05, 0.1) is 16.4 Å². The molecule has 0 N–H and O–H groups in total. The van der Waals surface area contributed by atoms with Crippen LogP contribution in [0.25, 0.3) is 0 Å². The predicted molar refractivity (Wildman–Crippen MR) is 64.3 cm³/mol. The Balaban J connectivity index is 2.94. The third-order valence-corrected chi connectivity index (χ3v) is 3.72. The van der Waals surface area contributed by atoms with Gasteiger partial charge in [0.2, 0.25) is 0 Å². The first-order chi connectivity index (χ1) is 6.27. The molecule has 1 unspecified atom stereocenters. The molecule has 0 amide bonds. The highest BCUT2D eigenvalue weighted by Crippen LogP contribution is 2.32. The van der Waals surface area contributed by atoms with Crippen molar-refractivity contribution in [3.05, 3.63) is 0 Å². The summed E-state index contributed by atoms with van der Waals surface area (Å²) in [6.07, 6.45) is 3.38. The van der Waals surface area contributed by atoms with Crippen LogP contribution in [-0.4, -0.2) is 28.5 Å². The normalized spacial score (nSPS) is 26.7. The first kappa shape index (κ1) is 11.9. The van der Waals surface area contributed by atoms with E-state index in [0.29, 0.717) is 0 Å². The molecule has 14 heavy (non-hydrogen) atoms. The first-order valence-corrected chi connectivity index (χ1v) is 6.31. The van der Waals surface area contributed by atoms with Crippen LogP contribution in [0.4, 0.5) is 0 Å². The fourth-order valence-corrected chi connectivity index (χ4v) is 1.91. The highest BCUT2D eigenvalue weighted by Gasteiger charge is 2.35. The summed E-state index contributed by atoms with van der Waals surface area (Å²) in [5.41, 5.74) is 0.0278. The number of aliphatic imine (C=N–C) groups is 1. The van der Waals surface area contributed by atoms with Crippen molar-refractivity contribution in [3.63, 3.8) is 0 Å². The number of nitrogens with zero attached hydrogens (tertiary/aromatic N) is 1. The van der Waals surface area contributed by atoms with Gasteiger partial charge in [-0.25, -0.2) is 4.99 Å². The van der Waals surface area contributed by atoms with Gasteiger partial charge in [0.1, 0.15) is 0 Å². The molecule has 1 atom stereocenters. The maximum absolute atomic E-state index is 5.81. The Morgan fingerprint density at radius 2 is 2.07 bits per heavy atom. The second-order valence-corrected chi connectivity index (χ2v) is 6.51. The van der Waals surface area contributed by atoms with Crippen molar-refractivity contribution in [2.45, 2.75) is 57.4 Å². The summed E-state index contributed by atoms with van der Waals surface area (Å²) < 4.78 is 5.80. The Hall–Kier alpha value is -0.180. The van der Waals surface area contributed by atoms with E-state index in [1.165, 1.54) is 0 Å². The van der Waals surface area contributed by atoms with E-state index in [1.807, 2.05) is 0 Å². The molecule has 1 rings (SSSR count). The number of thioether (sulfide) groups is 1. The molecule has 2 nitrogen and oxygen atoms in total. The van der Waals surface area contributed by atoms with Crippen molar-refractivity contribution >= 4 is 17.7 Å². The lowest BCUT2D eigenvalue weighted by Gasteiger charge is -2.36. The van der Waals surface area contributed by atoms with E-state index in [1.54, 1.807) is 11.8 Å². The summed E-state index contributed by atoms with van der Waals surface area (Å²) in [6.45, 7) is 10.8. The monoisotopic (exact) mass is 215 g/mol. The van der Waals surface area contributed by atoms with Crippen LogP contribution in [0.3, 0.4) is 0 Å². The third kappa shape index (κ3) is 2.66. The second-order valence-electron chi connectivity index (χ2n) is 5.08. The van der Waals surface area contributed by atoms with Crippen molar-refractivity contribution in [2.24, 2.45) is 4.99 Å². The summed E-state index contributed by atoms with van der Waals surface area (Å²) in [6, 6.07) is 0. The van der Waals surface area contributed by atoms with Crippen molar-refractivity contribution in [2.75, 3.05) is 6.26 Å². The lowest BCUT2D eigenvalue weighted by molar-refractivity contribution is 0.136. The van der Waals surface area contributed by atoms with Crippen molar-refractivity contribution in [1.82, 2.24) is 0 Å². The zero-order valence-corrected chi connectivity index (χ0v) is 10.9. The van der Waals surface area contributed by atoms with E-state index in [4.69, 9.17) is 4.74 Å². The lowest BCUT2D eigenvalue weighted by Crippen LogP contribution is -2.41. The molecule has 0 aromatic heterocycles. The molecular weight excluding hydrogens is 194 g/mol. The van der Waals surface area contributed by atoms with Crippen LogP contribution in [-0.2, 0) is 4.74 Å². The Labute approximate surface area is 91.5 Å². The van der Waals surface area contributed by atoms with Crippen LogP contribution < -0.4 is 0 Å². The SMILES string of the molecule is CSC(C)(C)C1=NC(C)(C)CC(C)O1. The minimum atomic E-state index is -0.00799. The maximum Gasteiger partial charge on any atom is 0.200 e. The van der Waals surface area contributed by atoms with E-state index >= 15 is 0 Å². The number of rotatable bonds is 2. The summed E-state index contributed by atoms with van der Waals surface area (Å²) in [4.78, 5) is 4.68. The molecular formula is C11H21NOS. The zero-order chi connectivity index (χ0) is 11.0. The third-order valence-electron chi connectivity index (χ3n) is 2.53. The van der Waals surface area contributed by atoms with Crippen molar-refractivity contribution in [3.8, 4) is 0 Å². The van der Waals surface area contributed by atoms with E-state index < -0.39 is 0 Å². The van der Waals surface area contributed by atoms with Crippen LogP contribution in [0, 0.1) is 0 Å². The van der Waals surface area contributed by atoms with Crippen LogP contribution >= 0.6 is 11.8 Å². The van der Waals surface area contributed by atoms with Gasteiger partial charge in [-0.3, -0.25) is 0 Å². The molecule has 0 aromatic carbocycles. The molecule has 0 radical (unpaired) electrons. The Bertz CT molecular complexity index is 246. The van der Waals surface area contributed by atoms with Gasteiger partial charge >= 0.3 is 0 Å². The van der Waals surface area contributed by atoms with Crippen molar-refractivity contribution in [1.29, 1.82) is 0 Å². The minimum absolute atomic E-state index is 0.00799. The van der Waals surface area contributed by atoms with Crippen molar-refractivity contribution < 1.29 is 4.74 Å². The second kappa shape index (κ2) is 3.76. The quantitative estimate of drug-likeness (QED) is 0.706. The van der Waals surface area contributed by atoms with Gasteiger partial charge < -0.3 is 4.74 Å². The molecule has 0 fully saturated rings. The van der Waals surface area contributed by atoms with E-state index in [2.05, 4.69) is 45.9 Å². The van der Waals surface area contributed by atoms with Gasteiger partial charge in [0.15, 0.2) is 5.90 Å². The Kier molecular flexibility index (Phi) is 3.20. The van der Waals surface area contributed by atoms with Crippen LogP contribution in [0.5, 0.6) is 0 Å². The van der Waals surface area contributed by atoms with Gasteiger partial charge in [0, 0.05) is 6.42 Å². The fourth-order valence-electron chi connectivity index (χ4n) is 1.65. The summed E-state index contributed by atoms with van der Waals surface area (Å²) in [7, 11) is 0. The van der Waals surface area contributed by atoms with E-state index in [0.717, 1.165) is 12.3 Å². The molecule has 0 saturated carbocycles. The maximum atomic E-state index is 5.81. The van der Waals surface area contributed by atoms with E-state index in [9.17, 15) is 0 Å². The first-order valence-electron chi connectivity index (χ1n) is 5.09. The smallest absolute Gasteiger partial charge is 0.200 e. The largest absolute Gasteiger partial charge is 0.477 e. The highest BCUT2D eigenvalue weighted by molar-refractivity contribution is 8.00. The molecule has 0 bridgehead atoms. The summed E-state index contributed by atoms with van der Waals surface area (Å²) in [5.74, 6) is 0.897. The molecule has 82 valence electrons. The summed E-state index contributed by atoms with van der Waals surface area (Å²) >= 11 is 1.78. The van der Waals surface area contributed by atoms with Crippen LogP contribution in [0.2, 0.25) is 0 Å². The van der Waals surface area contributed by atoms with Gasteiger partial charge in [-0.2, -0.15) is 0 Å². The van der Waals surface area contributed by atoms with Gasteiger partial charge in [0.25, 0.3) is 0 Å². The zero-order valence-electron chi connectivity index (χ0n) is 10.0. The molecule has 3 heteroatoms. The standard InChI is InChI=1S/C11H21NOS/c1-8-7-10(2,3)12-9(13-8)11(4,5)14-6/h8H,7H2,1-6H3. The number of hydrogen-bond acceptors (Lipinski definition) is 3. The Morgan fingerprint density at radius 3 is 2.50 bits per heavy atom. The van der Waals surface area contributed by atoms with Gasteiger partial charge in [-0.1, -0.05) is 0 Å². The number of ether oxygens (including phenoxy) is 1. The molecule has 0 aliphatic carbocycles.